The number of sulfonamides is 1. The Morgan fingerprint density at radius 1 is 1.21 bits per heavy atom. The van der Waals surface area contributed by atoms with Crippen LogP contribution in [0, 0.1) is 5.82 Å². The molecule has 0 saturated heterocycles. The zero-order valence-corrected chi connectivity index (χ0v) is 16.4. The maximum atomic E-state index is 14.1. The molecular formula is C19H18FN3O5S. The third-order valence-corrected chi connectivity index (χ3v) is 5.09. The normalized spacial score (nSPS) is 11.3. The number of nitrogens with two attached hydrogens (primary N) is 1. The molecule has 0 spiro atoms. The van der Waals surface area contributed by atoms with Gasteiger partial charge in [0.25, 0.3) is 0 Å². The highest BCUT2D eigenvalue weighted by molar-refractivity contribution is 7.89. The number of rotatable bonds is 6. The highest BCUT2D eigenvalue weighted by Crippen LogP contribution is 2.29. The maximum Gasteiger partial charge on any atom is 0.362 e. The first kappa shape index (κ1) is 20.5. The fourth-order valence-electron chi connectivity index (χ4n) is 2.74. The third-order valence-electron chi connectivity index (χ3n) is 4.16. The van der Waals surface area contributed by atoms with Gasteiger partial charge in [0.1, 0.15) is 5.75 Å². The predicted octanol–water partition coefficient (Wildman–Crippen LogP) is 2.58. The summed E-state index contributed by atoms with van der Waals surface area (Å²) >= 11 is 0. The first-order valence-corrected chi connectivity index (χ1v) is 10.0. The van der Waals surface area contributed by atoms with Crippen molar-refractivity contribution < 1.29 is 27.1 Å². The summed E-state index contributed by atoms with van der Waals surface area (Å²) in [6.45, 7) is 2.18. The number of nitrogens with zero attached hydrogens (tertiary/aromatic N) is 2. The van der Waals surface area contributed by atoms with E-state index in [1.54, 1.807) is 13.0 Å². The number of ether oxygens (including phenoxy) is 2. The first-order valence-electron chi connectivity index (χ1n) is 8.49. The Kier molecular flexibility index (Phi) is 5.66. The number of halogens is 1. The summed E-state index contributed by atoms with van der Waals surface area (Å²) in [7, 11) is -2.50. The van der Waals surface area contributed by atoms with E-state index in [9.17, 15) is 17.6 Å². The van der Waals surface area contributed by atoms with Crippen LogP contribution < -0.4 is 14.6 Å². The number of methoxy groups -OCH3 is 1. The molecule has 0 aliphatic carbocycles. The second kappa shape index (κ2) is 8.02. The summed E-state index contributed by atoms with van der Waals surface area (Å²) in [6.07, 6.45) is 1.45. The zero-order chi connectivity index (χ0) is 21.2. The molecule has 10 heteroatoms. The number of hydrogen-bond acceptors (Lipinski definition) is 6. The largest absolute Gasteiger partial charge is 0.494 e. The van der Waals surface area contributed by atoms with Crippen LogP contribution in [0.4, 0.5) is 4.39 Å². The van der Waals surface area contributed by atoms with Crippen LogP contribution in [0.3, 0.4) is 0 Å². The smallest absolute Gasteiger partial charge is 0.362 e. The summed E-state index contributed by atoms with van der Waals surface area (Å²) < 4.78 is 48.5. The van der Waals surface area contributed by atoms with Gasteiger partial charge in [0.2, 0.25) is 10.0 Å². The molecule has 1 aromatic heterocycles. The van der Waals surface area contributed by atoms with Crippen molar-refractivity contribution in [1.29, 1.82) is 0 Å². The summed E-state index contributed by atoms with van der Waals surface area (Å²) in [4.78, 5) is 12.7. The molecule has 3 aromatic rings. The molecule has 3 rings (SSSR count). The van der Waals surface area contributed by atoms with Crippen LogP contribution in [0.5, 0.6) is 11.5 Å². The Hall–Kier alpha value is -3.24. The molecule has 2 N–H and O–H groups in total. The minimum atomic E-state index is -3.85. The van der Waals surface area contributed by atoms with E-state index in [1.165, 1.54) is 54.4 Å². The van der Waals surface area contributed by atoms with E-state index in [1.807, 2.05) is 0 Å². The summed E-state index contributed by atoms with van der Waals surface area (Å²) in [5, 5.41) is 9.21. The fourth-order valence-corrected chi connectivity index (χ4v) is 3.25. The van der Waals surface area contributed by atoms with Crippen molar-refractivity contribution in [3.63, 3.8) is 0 Å². The SMILES string of the molecule is CCn1ncc(-c2ccc(OC)c(F)c2)c1C(=O)Oc1ccc(S(N)(=O)=O)cc1. The van der Waals surface area contributed by atoms with Gasteiger partial charge in [0.15, 0.2) is 17.3 Å². The molecule has 29 heavy (non-hydrogen) atoms. The molecule has 0 atom stereocenters. The number of carbonyl (C=O) groups is 1. The summed E-state index contributed by atoms with van der Waals surface area (Å²) in [5.41, 5.74) is 0.951. The Morgan fingerprint density at radius 3 is 2.45 bits per heavy atom. The lowest BCUT2D eigenvalue weighted by atomic mass is 10.1. The number of primary sulfonamides is 1. The lowest BCUT2D eigenvalue weighted by molar-refractivity contribution is 0.0722. The van der Waals surface area contributed by atoms with Gasteiger partial charge in [-0.25, -0.2) is 22.7 Å². The van der Waals surface area contributed by atoms with Crippen molar-refractivity contribution in [2.24, 2.45) is 5.14 Å². The highest BCUT2D eigenvalue weighted by Gasteiger charge is 2.22. The lowest BCUT2D eigenvalue weighted by Gasteiger charge is -2.10. The maximum absolute atomic E-state index is 14.1. The van der Waals surface area contributed by atoms with Gasteiger partial charge in [-0.05, 0) is 48.9 Å². The van der Waals surface area contributed by atoms with Gasteiger partial charge in [-0.15, -0.1) is 0 Å². The second-order valence-electron chi connectivity index (χ2n) is 5.98. The molecule has 0 amide bonds. The van der Waals surface area contributed by atoms with Gasteiger partial charge < -0.3 is 9.47 Å². The number of hydrogen-bond donors (Lipinski definition) is 1. The molecule has 0 fully saturated rings. The minimum absolute atomic E-state index is 0.0794. The molecule has 0 saturated carbocycles. The zero-order valence-electron chi connectivity index (χ0n) is 15.6. The molecule has 0 radical (unpaired) electrons. The number of esters is 1. The van der Waals surface area contributed by atoms with Crippen molar-refractivity contribution in [3.8, 4) is 22.6 Å². The van der Waals surface area contributed by atoms with Crippen LogP contribution in [0.1, 0.15) is 17.4 Å². The summed E-state index contributed by atoms with van der Waals surface area (Å²) in [6, 6.07) is 9.40. The molecular weight excluding hydrogens is 401 g/mol. The molecule has 0 aliphatic heterocycles. The molecule has 8 nitrogen and oxygen atoms in total. The molecule has 152 valence electrons. The highest BCUT2D eigenvalue weighted by atomic mass is 32.2. The van der Waals surface area contributed by atoms with Gasteiger partial charge in [0.05, 0.1) is 18.2 Å². The number of benzene rings is 2. The second-order valence-corrected chi connectivity index (χ2v) is 7.54. The van der Waals surface area contributed by atoms with E-state index in [0.29, 0.717) is 17.7 Å². The van der Waals surface area contributed by atoms with Crippen LogP contribution in [0.15, 0.2) is 53.6 Å². The van der Waals surface area contributed by atoms with Gasteiger partial charge in [0, 0.05) is 12.1 Å². The molecule has 2 aromatic carbocycles. The monoisotopic (exact) mass is 419 g/mol. The van der Waals surface area contributed by atoms with Crippen LogP contribution >= 0.6 is 0 Å². The third kappa shape index (κ3) is 4.28. The molecule has 1 heterocycles. The van der Waals surface area contributed by atoms with E-state index in [4.69, 9.17) is 14.6 Å². The van der Waals surface area contributed by atoms with Crippen LogP contribution in [0.25, 0.3) is 11.1 Å². The van der Waals surface area contributed by atoms with E-state index in [-0.39, 0.29) is 22.1 Å². The van der Waals surface area contributed by atoms with E-state index >= 15 is 0 Å². The van der Waals surface area contributed by atoms with Crippen molar-refractivity contribution in [1.82, 2.24) is 9.78 Å². The van der Waals surface area contributed by atoms with Crippen LogP contribution in [0.2, 0.25) is 0 Å². The Bertz CT molecular complexity index is 1160. The average Bonchev–Trinajstić information content (AvgIpc) is 3.12. The Labute approximate surface area is 166 Å². The van der Waals surface area contributed by atoms with Crippen molar-refractivity contribution >= 4 is 16.0 Å². The van der Waals surface area contributed by atoms with Gasteiger partial charge in [-0.1, -0.05) is 6.07 Å². The lowest BCUT2D eigenvalue weighted by Crippen LogP contribution is -2.16. The van der Waals surface area contributed by atoms with Crippen LogP contribution in [-0.2, 0) is 16.6 Å². The van der Waals surface area contributed by atoms with E-state index < -0.39 is 21.8 Å². The van der Waals surface area contributed by atoms with Gasteiger partial charge in [-0.3, -0.25) is 4.68 Å². The van der Waals surface area contributed by atoms with Crippen molar-refractivity contribution in [2.75, 3.05) is 7.11 Å². The van der Waals surface area contributed by atoms with Crippen LogP contribution in [-0.4, -0.2) is 31.3 Å². The van der Waals surface area contributed by atoms with E-state index in [2.05, 4.69) is 5.10 Å². The average molecular weight is 419 g/mol. The quantitative estimate of drug-likeness (QED) is 0.485. The Balaban J connectivity index is 1.95. The fraction of sp³-hybridized carbons (Fsp3) is 0.158. The van der Waals surface area contributed by atoms with Gasteiger partial charge >= 0.3 is 5.97 Å². The Morgan fingerprint density at radius 2 is 1.90 bits per heavy atom. The summed E-state index contributed by atoms with van der Waals surface area (Å²) in [5.74, 6) is -1.10. The van der Waals surface area contributed by atoms with Crippen molar-refractivity contribution in [2.45, 2.75) is 18.4 Å². The number of aryl methyl sites for hydroxylation is 1. The number of aromatic nitrogens is 2. The minimum Gasteiger partial charge on any atom is -0.494 e. The van der Waals surface area contributed by atoms with Crippen molar-refractivity contribution in [3.05, 3.63) is 60.2 Å². The standard InChI is InChI=1S/C19H18FN3O5S/c1-3-23-18(15(11-22-23)12-4-9-17(27-2)16(20)10-12)19(24)28-13-5-7-14(8-6-13)29(21,25)26/h4-11H,3H2,1-2H3,(H2,21,25,26). The molecule has 0 aliphatic rings. The molecule has 0 bridgehead atoms. The van der Waals surface area contributed by atoms with E-state index in [0.717, 1.165) is 0 Å². The predicted molar refractivity (Wildman–Crippen MR) is 103 cm³/mol. The van der Waals surface area contributed by atoms with Gasteiger partial charge in [-0.2, -0.15) is 5.10 Å². The molecule has 0 unspecified atom stereocenters. The first-order chi connectivity index (χ1) is 13.7. The number of carbonyl (C=O) groups excluding carboxylic acids is 1. The topological polar surface area (TPSA) is 114 Å².